The van der Waals surface area contributed by atoms with E-state index in [1.165, 1.54) is 42.7 Å². The molecule has 1 amide bonds. The van der Waals surface area contributed by atoms with E-state index in [9.17, 15) is 14.0 Å². The number of carbonyl (C=O) groups is 2. The van der Waals surface area contributed by atoms with Crippen LogP contribution in [0.2, 0.25) is 5.02 Å². The fourth-order valence-corrected chi connectivity index (χ4v) is 7.14. The van der Waals surface area contributed by atoms with Crippen molar-refractivity contribution < 1.29 is 18.7 Å². The Kier molecular flexibility index (Phi) is 9.42. The zero-order valence-corrected chi connectivity index (χ0v) is 24.3. The average molecular weight is 587 g/mol. The van der Waals surface area contributed by atoms with Crippen LogP contribution in [0.1, 0.15) is 69.8 Å². The molecule has 3 aromatic rings. The Morgan fingerprint density at radius 1 is 1.18 bits per heavy atom. The van der Waals surface area contributed by atoms with Gasteiger partial charge in [0.2, 0.25) is 5.91 Å². The molecule has 7 nitrogen and oxygen atoms in total. The number of fused-ring (bicyclic) bond motifs is 2. The summed E-state index contributed by atoms with van der Waals surface area (Å²) in [6, 6.07) is 9.30. The molecule has 1 aromatic heterocycles. The predicted octanol–water partition coefficient (Wildman–Crippen LogP) is 6.88. The Bertz CT molecular complexity index is 1350. The van der Waals surface area contributed by atoms with Gasteiger partial charge in [-0.05, 0) is 67.6 Å². The molecule has 3 atom stereocenters. The zero-order chi connectivity index (χ0) is 28.1. The molecular formula is C30H36ClFN4O3S. The highest BCUT2D eigenvalue weighted by molar-refractivity contribution is 7.22. The van der Waals surface area contributed by atoms with E-state index in [0.717, 1.165) is 34.3 Å². The summed E-state index contributed by atoms with van der Waals surface area (Å²) >= 11 is 7.65. The second kappa shape index (κ2) is 13.2. The van der Waals surface area contributed by atoms with E-state index >= 15 is 0 Å². The normalized spacial score (nSPS) is 18.5. The fraction of sp³-hybridized carbons (Fsp3) is 0.500. The lowest BCUT2D eigenvalue weighted by Crippen LogP contribution is -2.47. The minimum atomic E-state index is -0.504. The van der Waals surface area contributed by atoms with Crippen molar-refractivity contribution >= 4 is 55.8 Å². The molecule has 3 N–H and O–H groups in total. The van der Waals surface area contributed by atoms with Gasteiger partial charge in [0.05, 0.1) is 23.2 Å². The number of esters is 1. The molecule has 2 aromatic carbocycles. The van der Waals surface area contributed by atoms with Crippen LogP contribution >= 0.6 is 22.9 Å². The van der Waals surface area contributed by atoms with Crippen LogP contribution in [-0.2, 0) is 14.3 Å². The number of aromatic nitrogens is 1. The van der Waals surface area contributed by atoms with Gasteiger partial charge in [0.25, 0.3) is 0 Å². The molecule has 1 aliphatic carbocycles. The quantitative estimate of drug-likeness (QED) is 0.212. The molecule has 5 rings (SSSR count). The first-order valence-corrected chi connectivity index (χ1v) is 15.4. The topological polar surface area (TPSA) is 92.4 Å². The van der Waals surface area contributed by atoms with Crippen LogP contribution in [0, 0.1) is 11.7 Å². The summed E-state index contributed by atoms with van der Waals surface area (Å²) in [7, 11) is 0. The van der Waals surface area contributed by atoms with E-state index in [0.29, 0.717) is 35.5 Å². The highest BCUT2D eigenvalue weighted by atomic mass is 35.5. The SMILES string of the molecule is CCOC(=O)C[C@H](CC1CNc2ccc(F)cc21)NC(=O)[C@H](CC1CCCCC1)Nc1nc2ccc(Cl)cc2s1. The van der Waals surface area contributed by atoms with Gasteiger partial charge in [-0.15, -0.1) is 0 Å². The van der Waals surface area contributed by atoms with Crippen molar-refractivity contribution in [2.24, 2.45) is 5.92 Å². The van der Waals surface area contributed by atoms with Gasteiger partial charge >= 0.3 is 5.97 Å². The minimum Gasteiger partial charge on any atom is -0.466 e. The Morgan fingerprint density at radius 3 is 2.80 bits per heavy atom. The number of ether oxygens (including phenoxy) is 1. The van der Waals surface area contributed by atoms with Crippen molar-refractivity contribution in [3.05, 3.63) is 52.8 Å². The molecule has 0 saturated heterocycles. The second-order valence-corrected chi connectivity index (χ2v) is 12.3. The molecule has 0 radical (unpaired) electrons. The van der Waals surface area contributed by atoms with E-state index < -0.39 is 12.1 Å². The van der Waals surface area contributed by atoms with Gasteiger partial charge < -0.3 is 20.7 Å². The fourth-order valence-electron chi connectivity index (χ4n) is 5.94. The number of hydrogen-bond donors (Lipinski definition) is 3. The number of nitrogens with one attached hydrogen (secondary N) is 3. The number of nitrogens with zero attached hydrogens (tertiary/aromatic N) is 1. The molecule has 10 heteroatoms. The second-order valence-electron chi connectivity index (χ2n) is 10.8. The van der Waals surface area contributed by atoms with Crippen molar-refractivity contribution in [3.63, 3.8) is 0 Å². The molecule has 40 heavy (non-hydrogen) atoms. The van der Waals surface area contributed by atoms with Crippen molar-refractivity contribution in [1.29, 1.82) is 0 Å². The number of halogens is 2. The van der Waals surface area contributed by atoms with E-state index in [1.807, 2.05) is 18.2 Å². The largest absolute Gasteiger partial charge is 0.466 e. The van der Waals surface area contributed by atoms with Crippen molar-refractivity contribution in [2.45, 2.75) is 76.3 Å². The van der Waals surface area contributed by atoms with E-state index in [1.54, 1.807) is 13.0 Å². The Morgan fingerprint density at radius 2 is 2.00 bits per heavy atom. The monoisotopic (exact) mass is 586 g/mol. The summed E-state index contributed by atoms with van der Waals surface area (Å²) in [6.45, 7) is 2.65. The molecule has 2 aliphatic rings. The third-order valence-corrected chi connectivity index (χ3v) is 9.07. The van der Waals surface area contributed by atoms with Crippen LogP contribution in [0.25, 0.3) is 10.2 Å². The van der Waals surface area contributed by atoms with Gasteiger partial charge in [-0.1, -0.05) is 55.0 Å². The lowest BCUT2D eigenvalue weighted by Gasteiger charge is -2.28. The summed E-state index contributed by atoms with van der Waals surface area (Å²) in [6.07, 6.45) is 7.02. The van der Waals surface area contributed by atoms with Crippen LogP contribution < -0.4 is 16.0 Å². The van der Waals surface area contributed by atoms with Gasteiger partial charge in [-0.25, -0.2) is 9.37 Å². The number of carbonyl (C=O) groups excluding carboxylic acids is 2. The summed E-state index contributed by atoms with van der Waals surface area (Å²) in [5, 5.41) is 11.2. The number of anilines is 2. The van der Waals surface area contributed by atoms with Crippen LogP contribution in [0.3, 0.4) is 0 Å². The summed E-state index contributed by atoms with van der Waals surface area (Å²) in [4.78, 5) is 31.1. The van der Waals surface area contributed by atoms with Crippen LogP contribution in [0.5, 0.6) is 0 Å². The van der Waals surface area contributed by atoms with E-state index in [-0.39, 0.29) is 36.6 Å². The first-order valence-electron chi connectivity index (χ1n) is 14.2. The van der Waals surface area contributed by atoms with Gasteiger partial charge in [-0.3, -0.25) is 9.59 Å². The standard InChI is InChI=1S/C30H36ClFN4O3S/c1-2-39-28(37)16-22(13-19-17-33-24-11-9-21(32)15-23(19)24)34-29(38)26(12-18-6-4-3-5-7-18)36-30-35-25-10-8-20(31)14-27(25)40-30/h8-11,14-15,18-19,22,26,33H,2-7,12-13,16-17H2,1H3,(H,34,38)(H,35,36)/t19?,22-,26-/m0/s1. The van der Waals surface area contributed by atoms with E-state index in [4.69, 9.17) is 16.3 Å². The zero-order valence-electron chi connectivity index (χ0n) is 22.7. The van der Waals surface area contributed by atoms with Gasteiger partial charge in [0.1, 0.15) is 11.9 Å². The molecule has 1 aliphatic heterocycles. The maximum atomic E-state index is 14.0. The summed E-state index contributed by atoms with van der Waals surface area (Å²) in [5.74, 6) is -0.421. The van der Waals surface area contributed by atoms with Crippen LogP contribution in [0.15, 0.2) is 36.4 Å². The summed E-state index contributed by atoms with van der Waals surface area (Å²) < 4.78 is 20.2. The lowest BCUT2D eigenvalue weighted by atomic mass is 9.84. The molecule has 1 unspecified atom stereocenters. The predicted molar refractivity (Wildman–Crippen MR) is 159 cm³/mol. The maximum Gasteiger partial charge on any atom is 0.307 e. The van der Waals surface area contributed by atoms with Crippen LogP contribution in [-0.4, -0.2) is 42.1 Å². The number of hydrogen-bond acceptors (Lipinski definition) is 7. The van der Waals surface area contributed by atoms with E-state index in [2.05, 4.69) is 20.9 Å². The Hall–Kier alpha value is -2.91. The van der Waals surface area contributed by atoms with Crippen molar-refractivity contribution in [1.82, 2.24) is 10.3 Å². The smallest absolute Gasteiger partial charge is 0.307 e. The molecule has 0 spiro atoms. The van der Waals surface area contributed by atoms with Gasteiger partial charge in [0, 0.05) is 29.2 Å². The first kappa shape index (κ1) is 28.6. The first-order chi connectivity index (χ1) is 19.4. The Labute approximate surface area is 243 Å². The number of amides is 1. The molecule has 1 saturated carbocycles. The summed E-state index contributed by atoms with van der Waals surface area (Å²) in [5.41, 5.74) is 2.59. The third-order valence-electron chi connectivity index (χ3n) is 7.88. The number of benzene rings is 2. The minimum absolute atomic E-state index is 0.0378. The Balaban J connectivity index is 1.34. The van der Waals surface area contributed by atoms with Crippen LogP contribution in [0.4, 0.5) is 15.2 Å². The van der Waals surface area contributed by atoms with Gasteiger partial charge in [0.15, 0.2) is 5.13 Å². The molecule has 0 bridgehead atoms. The highest BCUT2D eigenvalue weighted by Crippen LogP contribution is 2.36. The number of thiazole rings is 1. The van der Waals surface area contributed by atoms with Crippen molar-refractivity contribution in [3.8, 4) is 0 Å². The van der Waals surface area contributed by atoms with Crippen molar-refractivity contribution in [2.75, 3.05) is 23.8 Å². The molecule has 1 fully saturated rings. The number of rotatable bonds is 11. The lowest BCUT2D eigenvalue weighted by molar-refractivity contribution is -0.143. The highest BCUT2D eigenvalue weighted by Gasteiger charge is 2.31. The molecular weight excluding hydrogens is 551 g/mol. The third kappa shape index (κ3) is 7.23. The maximum absolute atomic E-state index is 14.0. The molecule has 214 valence electrons. The van der Waals surface area contributed by atoms with Gasteiger partial charge in [-0.2, -0.15) is 0 Å². The average Bonchev–Trinajstić information content (AvgIpc) is 3.51. The molecule has 2 heterocycles.